The van der Waals surface area contributed by atoms with Crippen molar-refractivity contribution < 1.29 is 4.79 Å². The van der Waals surface area contributed by atoms with Crippen LogP contribution in [0.3, 0.4) is 0 Å². The Morgan fingerprint density at radius 1 is 1.38 bits per heavy atom. The fraction of sp³-hybridized carbons (Fsp3) is 0.364. The molecule has 2 heteroatoms. The molecule has 0 aromatic heterocycles. The highest BCUT2D eigenvalue weighted by atomic mass is 16.1. The third-order valence-corrected chi connectivity index (χ3v) is 3.07. The zero-order valence-electron chi connectivity index (χ0n) is 7.34. The Balaban J connectivity index is 2.28. The van der Waals surface area contributed by atoms with Gasteiger partial charge >= 0.3 is 0 Å². The molecule has 0 amide bonds. The van der Waals surface area contributed by atoms with Crippen LogP contribution in [0.1, 0.15) is 34.7 Å². The lowest BCUT2D eigenvalue weighted by Crippen LogP contribution is -2.14. The Morgan fingerprint density at radius 3 is 3.23 bits per heavy atom. The van der Waals surface area contributed by atoms with Gasteiger partial charge in [-0.25, -0.2) is 0 Å². The minimum absolute atomic E-state index is 0.316. The highest BCUT2D eigenvalue weighted by Crippen LogP contribution is 2.40. The maximum absolute atomic E-state index is 11.6. The summed E-state index contributed by atoms with van der Waals surface area (Å²) in [6.07, 6.45) is 1.75. The monoisotopic (exact) mass is 173 g/mol. The van der Waals surface area contributed by atoms with E-state index in [-0.39, 0.29) is 0 Å². The molecule has 0 saturated carbocycles. The van der Waals surface area contributed by atoms with Gasteiger partial charge in [-0.3, -0.25) is 4.79 Å². The number of hydrogen-bond acceptors (Lipinski definition) is 2. The second kappa shape index (κ2) is 2.34. The average molecular weight is 173 g/mol. The number of ketones is 1. The van der Waals surface area contributed by atoms with Crippen molar-refractivity contribution >= 4 is 11.5 Å². The molecular weight excluding hydrogens is 162 g/mol. The number of rotatable bonds is 0. The summed E-state index contributed by atoms with van der Waals surface area (Å²) in [5.74, 6) is 0.903. The molecule has 1 aliphatic carbocycles. The molecule has 1 aliphatic heterocycles. The van der Waals surface area contributed by atoms with E-state index in [0.29, 0.717) is 11.7 Å². The number of benzene rings is 1. The summed E-state index contributed by atoms with van der Waals surface area (Å²) in [7, 11) is 0. The van der Waals surface area contributed by atoms with E-state index in [1.807, 2.05) is 12.1 Å². The van der Waals surface area contributed by atoms with Crippen LogP contribution in [0.25, 0.3) is 0 Å². The van der Waals surface area contributed by atoms with Gasteiger partial charge in [0.2, 0.25) is 0 Å². The van der Waals surface area contributed by atoms with E-state index in [4.69, 9.17) is 0 Å². The SMILES string of the molecule is O=C1CCC2CNc3cccc1c32. The Kier molecular flexibility index (Phi) is 1.29. The normalized spacial score (nSPS) is 24.0. The van der Waals surface area contributed by atoms with Gasteiger partial charge in [0.05, 0.1) is 0 Å². The first kappa shape index (κ1) is 7.13. The van der Waals surface area contributed by atoms with Gasteiger partial charge in [-0.1, -0.05) is 12.1 Å². The molecule has 1 unspecified atom stereocenters. The number of carbonyl (C=O) groups excluding carboxylic acids is 1. The van der Waals surface area contributed by atoms with Crippen molar-refractivity contribution in [3.63, 3.8) is 0 Å². The molecule has 2 aliphatic rings. The summed E-state index contributed by atoms with van der Waals surface area (Å²) >= 11 is 0. The molecule has 0 spiro atoms. The van der Waals surface area contributed by atoms with Gasteiger partial charge in [0.1, 0.15) is 0 Å². The average Bonchev–Trinajstić information content (AvgIpc) is 2.57. The van der Waals surface area contributed by atoms with Crippen molar-refractivity contribution in [1.29, 1.82) is 0 Å². The maximum atomic E-state index is 11.6. The van der Waals surface area contributed by atoms with Crippen LogP contribution in [0.4, 0.5) is 5.69 Å². The highest BCUT2D eigenvalue weighted by molar-refractivity contribution is 6.00. The van der Waals surface area contributed by atoms with Gasteiger partial charge < -0.3 is 5.32 Å². The van der Waals surface area contributed by atoms with E-state index < -0.39 is 0 Å². The van der Waals surface area contributed by atoms with Crippen LogP contribution in [0.2, 0.25) is 0 Å². The molecule has 1 aromatic rings. The van der Waals surface area contributed by atoms with Crippen molar-refractivity contribution in [3.05, 3.63) is 29.3 Å². The standard InChI is InChI=1S/C11H11NO/c13-10-5-4-7-6-12-9-3-1-2-8(10)11(7)9/h1-3,7,12H,4-6H2. The Bertz CT molecular complexity index is 384. The molecule has 0 radical (unpaired) electrons. The number of Topliss-reactive ketones (excluding diaryl/α,β-unsaturated/α-hetero) is 1. The first-order valence-electron chi connectivity index (χ1n) is 4.76. The lowest BCUT2D eigenvalue weighted by Gasteiger charge is -2.18. The van der Waals surface area contributed by atoms with Crippen molar-refractivity contribution in [3.8, 4) is 0 Å². The first-order chi connectivity index (χ1) is 6.36. The Hall–Kier alpha value is -1.31. The maximum Gasteiger partial charge on any atom is 0.163 e. The van der Waals surface area contributed by atoms with E-state index in [2.05, 4.69) is 11.4 Å². The largest absolute Gasteiger partial charge is 0.384 e. The van der Waals surface area contributed by atoms with Crippen LogP contribution in [-0.2, 0) is 0 Å². The molecule has 2 nitrogen and oxygen atoms in total. The second-order valence-electron chi connectivity index (χ2n) is 3.81. The van der Waals surface area contributed by atoms with E-state index >= 15 is 0 Å². The molecule has 0 fully saturated rings. The molecule has 1 aromatic carbocycles. The third-order valence-electron chi connectivity index (χ3n) is 3.07. The quantitative estimate of drug-likeness (QED) is 0.651. The zero-order valence-corrected chi connectivity index (χ0v) is 7.34. The number of carbonyl (C=O) groups is 1. The Labute approximate surface area is 77.0 Å². The van der Waals surface area contributed by atoms with Crippen molar-refractivity contribution in [2.75, 3.05) is 11.9 Å². The van der Waals surface area contributed by atoms with E-state index in [1.54, 1.807) is 0 Å². The molecule has 0 bridgehead atoms. The van der Waals surface area contributed by atoms with Crippen LogP contribution in [0, 0.1) is 0 Å². The van der Waals surface area contributed by atoms with Crippen molar-refractivity contribution in [2.45, 2.75) is 18.8 Å². The van der Waals surface area contributed by atoms with Crippen LogP contribution >= 0.6 is 0 Å². The summed E-state index contributed by atoms with van der Waals surface area (Å²) in [4.78, 5) is 11.6. The molecular formula is C11H11NO. The smallest absolute Gasteiger partial charge is 0.163 e. The van der Waals surface area contributed by atoms with Gasteiger partial charge in [-0.05, 0) is 18.1 Å². The minimum atomic E-state index is 0.316. The van der Waals surface area contributed by atoms with Crippen LogP contribution in [0.15, 0.2) is 18.2 Å². The number of anilines is 1. The minimum Gasteiger partial charge on any atom is -0.384 e. The molecule has 66 valence electrons. The highest BCUT2D eigenvalue weighted by Gasteiger charge is 2.31. The van der Waals surface area contributed by atoms with Gasteiger partial charge in [-0.2, -0.15) is 0 Å². The van der Waals surface area contributed by atoms with Gasteiger partial charge in [-0.15, -0.1) is 0 Å². The molecule has 1 heterocycles. The molecule has 0 saturated heterocycles. The molecule has 1 N–H and O–H groups in total. The number of nitrogens with one attached hydrogen (secondary N) is 1. The lowest BCUT2D eigenvalue weighted by atomic mass is 9.83. The van der Waals surface area contributed by atoms with Crippen LogP contribution in [-0.4, -0.2) is 12.3 Å². The summed E-state index contributed by atoms with van der Waals surface area (Å²) in [5.41, 5.74) is 3.41. The van der Waals surface area contributed by atoms with Crippen LogP contribution in [0.5, 0.6) is 0 Å². The Morgan fingerprint density at radius 2 is 2.31 bits per heavy atom. The van der Waals surface area contributed by atoms with Gasteiger partial charge in [0.25, 0.3) is 0 Å². The van der Waals surface area contributed by atoms with E-state index in [0.717, 1.165) is 24.9 Å². The predicted octanol–water partition coefficient (Wildman–Crippen LogP) is 2.17. The summed E-state index contributed by atoms with van der Waals surface area (Å²) in [5, 5.41) is 3.35. The summed E-state index contributed by atoms with van der Waals surface area (Å²) < 4.78 is 0. The molecule has 13 heavy (non-hydrogen) atoms. The summed E-state index contributed by atoms with van der Waals surface area (Å²) in [6.45, 7) is 1.01. The first-order valence-corrected chi connectivity index (χ1v) is 4.76. The van der Waals surface area contributed by atoms with Crippen molar-refractivity contribution in [2.24, 2.45) is 0 Å². The fourth-order valence-corrected chi connectivity index (χ4v) is 2.42. The fourth-order valence-electron chi connectivity index (χ4n) is 2.42. The van der Waals surface area contributed by atoms with E-state index in [1.165, 1.54) is 11.3 Å². The summed E-state index contributed by atoms with van der Waals surface area (Å²) in [6, 6.07) is 5.99. The zero-order chi connectivity index (χ0) is 8.84. The van der Waals surface area contributed by atoms with E-state index in [9.17, 15) is 4.79 Å². The topological polar surface area (TPSA) is 29.1 Å². The van der Waals surface area contributed by atoms with Crippen molar-refractivity contribution in [1.82, 2.24) is 0 Å². The van der Waals surface area contributed by atoms with Gasteiger partial charge in [0.15, 0.2) is 5.78 Å². The molecule has 3 rings (SSSR count). The van der Waals surface area contributed by atoms with Gasteiger partial charge in [0, 0.05) is 30.1 Å². The van der Waals surface area contributed by atoms with Crippen LogP contribution < -0.4 is 5.32 Å². The lowest BCUT2D eigenvalue weighted by molar-refractivity contribution is 0.0968. The predicted molar refractivity (Wildman–Crippen MR) is 51.2 cm³/mol. The molecule has 1 atom stereocenters. The second-order valence-corrected chi connectivity index (χ2v) is 3.81. The number of hydrogen-bond donors (Lipinski definition) is 1. The third kappa shape index (κ3) is 0.857.